The van der Waals surface area contributed by atoms with Gasteiger partial charge in [0.1, 0.15) is 10.4 Å². The van der Waals surface area contributed by atoms with Crippen molar-refractivity contribution in [3.8, 4) is 0 Å². The maximum atomic E-state index is 12.7. The number of aromatic carboxylic acids is 1. The second-order valence-electron chi connectivity index (χ2n) is 6.13. The standard InChI is InChI=1S/C19H19NO3S/c1-10-5-7-14(8-6-10)9-20-12(3)16(19(22)23)17(21)15-11(2)13(4)24-18(15)20/h5-8H,9H2,1-4H3,(H,22,23). The maximum Gasteiger partial charge on any atom is 0.341 e. The summed E-state index contributed by atoms with van der Waals surface area (Å²) in [5.41, 5.74) is 3.12. The van der Waals surface area contributed by atoms with E-state index in [9.17, 15) is 14.7 Å². The Labute approximate surface area is 144 Å². The second-order valence-corrected chi connectivity index (χ2v) is 7.33. The number of hydrogen-bond acceptors (Lipinski definition) is 3. The van der Waals surface area contributed by atoms with Gasteiger partial charge in [0.25, 0.3) is 0 Å². The lowest BCUT2D eigenvalue weighted by Crippen LogP contribution is -2.22. The third-order valence-electron chi connectivity index (χ3n) is 4.51. The van der Waals surface area contributed by atoms with Crippen LogP contribution in [-0.2, 0) is 6.54 Å². The molecule has 2 aromatic heterocycles. The van der Waals surface area contributed by atoms with Crippen LogP contribution < -0.4 is 5.43 Å². The van der Waals surface area contributed by atoms with Crippen LogP contribution in [0.2, 0.25) is 0 Å². The maximum absolute atomic E-state index is 12.7. The Hall–Kier alpha value is -2.40. The van der Waals surface area contributed by atoms with E-state index in [0.717, 1.165) is 20.8 Å². The van der Waals surface area contributed by atoms with Crippen molar-refractivity contribution in [2.45, 2.75) is 34.2 Å². The summed E-state index contributed by atoms with van der Waals surface area (Å²) in [6.07, 6.45) is 0. The molecule has 2 heterocycles. The van der Waals surface area contributed by atoms with E-state index < -0.39 is 5.97 Å². The molecule has 24 heavy (non-hydrogen) atoms. The molecule has 1 N–H and O–H groups in total. The summed E-state index contributed by atoms with van der Waals surface area (Å²) in [5.74, 6) is -1.17. The van der Waals surface area contributed by atoms with E-state index in [-0.39, 0.29) is 11.0 Å². The van der Waals surface area contributed by atoms with Gasteiger partial charge in [0, 0.05) is 17.1 Å². The van der Waals surface area contributed by atoms with Crippen LogP contribution in [-0.4, -0.2) is 15.6 Å². The number of hydrogen-bond donors (Lipinski definition) is 1. The molecule has 0 bridgehead atoms. The van der Waals surface area contributed by atoms with Crippen molar-refractivity contribution in [3.63, 3.8) is 0 Å². The molecule has 0 spiro atoms. The summed E-state index contributed by atoms with van der Waals surface area (Å²) in [4.78, 5) is 26.2. The first-order valence-electron chi connectivity index (χ1n) is 7.73. The van der Waals surface area contributed by atoms with Crippen LogP contribution in [0.1, 0.15) is 37.6 Å². The van der Waals surface area contributed by atoms with E-state index in [2.05, 4.69) is 0 Å². The molecule has 5 heteroatoms. The number of carbonyl (C=O) groups is 1. The lowest BCUT2D eigenvalue weighted by molar-refractivity contribution is 0.0694. The van der Waals surface area contributed by atoms with Crippen LogP contribution >= 0.6 is 11.3 Å². The number of pyridine rings is 1. The van der Waals surface area contributed by atoms with Gasteiger partial charge < -0.3 is 9.67 Å². The van der Waals surface area contributed by atoms with Crippen LogP contribution in [0.4, 0.5) is 0 Å². The van der Waals surface area contributed by atoms with Crippen LogP contribution in [0.5, 0.6) is 0 Å². The average Bonchev–Trinajstić information content (AvgIpc) is 2.81. The van der Waals surface area contributed by atoms with Gasteiger partial charge in [0.05, 0.1) is 5.39 Å². The third-order valence-corrected chi connectivity index (χ3v) is 5.74. The van der Waals surface area contributed by atoms with Crippen molar-refractivity contribution < 1.29 is 9.90 Å². The third kappa shape index (κ3) is 2.55. The summed E-state index contributed by atoms with van der Waals surface area (Å²) >= 11 is 1.55. The van der Waals surface area contributed by atoms with Crippen LogP contribution in [0, 0.1) is 27.7 Å². The number of carboxylic acid groups (broad SMARTS) is 1. The van der Waals surface area contributed by atoms with E-state index in [1.807, 2.05) is 49.6 Å². The Kier molecular flexibility index (Phi) is 4.05. The van der Waals surface area contributed by atoms with Crippen molar-refractivity contribution >= 4 is 27.5 Å². The normalized spacial score (nSPS) is 11.2. The van der Waals surface area contributed by atoms with Crippen LogP contribution in [0.25, 0.3) is 10.2 Å². The lowest BCUT2D eigenvalue weighted by Gasteiger charge is -2.15. The Morgan fingerprint density at radius 1 is 1.12 bits per heavy atom. The number of thiophene rings is 1. The number of fused-ring (bicyclic) bond motifs is 1. The molecule has 0 aliphatic heterocycles. The molecule has 0 radical (unpaired) electrons. The van der Waals surface area contributed by atoms with E-state index in [1.54, 1.807) is 18.3 Å². The van der Waals surface area contributed by atoms with Gasteiger partial charge in [-0.15, -0.1) is 11.3 Å². The first-order valence-corrected chi connectivity index (χ1v) is 8.54. The van der Waals surface area contributed by atoms with Gasteiger partial charge >= 0.3 is 5.97 Å². The number of aryl methyl sites for hydroxylation is 3. The second kappa shape index (κ2) is 5.91. The smallest absolute Gasteiger partial charge is 0.341 e. The molecule has 3 rings (SSSR count). The molecule has 3 aromatic rings. The van der Waals surface area contributed by atoms with Crippen molar-refractivity contribution in [2.75, 3.05) is 0 Å². The van der Waals surface area contributed by atoms with E-state index in [0.29, 0.717) is 17.6 Å². The Bertz CT molecular complexity index is 1010. The zero-order valence-electron chi connectivity index (χ0n) is 14.1. The molecule has 0 amide bonds. The highest BCUT2D eigenvalue weighted by Gasteiger charge is 2.22. The Balaban J connectivity index is 2.33. The predicted octanol–water partition coefficient (Wildman–Crippen LogP) is 4.04. The molecular weight excluding hydrogens is 322 g/mol. The van der Waals surface area contributed by atoms with Gasteiger partial charge in [0.2, 0.25) is 5.43 Å². The highest BCUT2D eigenvalue weighted by Crippen LogP contribution is 2.30. The first-order chi connectivity index (χ1) is 11.3. The summed E-state index contributed by atoms with van der Waals surface area (Å²) in [6.45, 7) is 8.13. The molecule has 1 aromatic carbocycles. The quantitative estimate of drug-likeness (QED) is 0.782. The summed E-state index contributed by atoms with van der Waals surface area (Å²) in [7, 11) is 0. The van der Waals surface area contributed by atoms with E-state index in [1.165, 1.54) is 5.56 Å². The van der Waals surface area contributed by atoms with Gasteiger partial charge in [-0.25, -0.2) is 4.79 Å². The van der Waals surface area contributed by atoms with Crippen LogP contribution in [0.15, 0.2) is 29.1 Å². The molecular formula is C19H19NO3S. The molecule has 4 nitrogen and oxygen atoms in total. The average molecular weight is 341 g/mol. The van der Waals surface area contributed by atoms with E-state index >= 15 is 0 Å². The van der Waals surface area contributed by atoms with Crippen molar-refractivity contribution in [2.24, 2.45) is 0 Å². The number of nitrogens with zero attached hydrogens (tertiary/aromatic N) is 1. The van der Waals surface area contributed by atoms with Crippen molar-refractivity contribution in [3.05, 3.63) is 67.3 Å². The van der Waals surface area contributed by atoms with E-state index in [4.69, 9.17) is 0 Å². The molecule has 0 unspecified atom stereocenters. The summed E-state index contributed by atoms with van der Waals surface area (Å²) < 4.78 is 1.95. The minimum Gasteiger partial charge on any atom is -0.477 e. The fourth-order valence-electron chi connectivity index (χ4n) is 2.96. The summed E-state index contributed by atoms with van der Waals surface area (Å²) in [6, 6.07) is 8.14. The molecule has 124 valence electrons. The van der Waals surface area contributed by atoms with Crippen LogP contribution in [0.3, 0.4) is 0 Å². The number of rotatable bonds is 3. The van der Waals surface area contributed by atoms with Gasteiger partial charge in [-0.1, -0.05) is 29.8 Å². The molecule has 0 aliphatic carbocycles. The minimum absolute atomic E-state index is 0.129. The fraction of sp³-hybridized carbons (Fsp3) is 0.263. The Morgan fingerprint density at radius 2 is 1.75 bits per heavy atom. The monoisotopic (exact) mass is 341 g/mol. The zero-order valence-corrected chi connectivity index (χ0v) is 15.0. The molecule has 0 aliphatic rings. The highest BCUT2D eigenvalue weighted by atomic mass is 32.1. The minimum atomic E-state index is -1.17. The topological polar surface area (TPSA) is 59.3 Å². The molecule has 0 saturated carbocycles. The van der Waals surface area contributed by atoms with Crippen molar-refractivity contribution in [1.82, 2.24) is 4.57 Å². The van der Waals surface area contributed by atoms with Crippen molar-refractivity contribution in [1.29, 1.82) is 0 Å². The molecule has 0 saturated heterocycles. The number of benzene rings is 1. The summed E-state index contributed by atoms with van der Waals surface area (Å²) in [5, 5.41) is 10.1. The fourth-order valence-corrected chi connectivity index (χ4v) is 4.17. The van der Waals surface area contributed by atoms with Gasteiger partial charge in [0.15, 0.2) is 0 Å². The first kappa shape index (κ1) is 16.5. The molecule has 0 atom stereocenters. The van der Waals surface area contributed by atoms with Gasteiger partial charge in [-0.3, -0.25) is 4.79 Å². The Morgan fingerprint density at radius 3 is 2.33 bits per heavy atom. The highest BCUT2D eigenvalue weighted by molar-refractivity contribution is 7.18. The predicted molar refractivity (Wildman–Crippen MR) is 97.5 cm³/mol. The zero-order chi connectivity index (χ0) is 17.6. The lowest BCUT2D eigenvalue weighted by atomic mass is 10.1. The number of carboxylic acids is 1. The molecule has 0 fully saturated rings. The SMILES string of the molecule is Cc1ccc(Cn2c(C)c(C(=O)O)c(=O)c3c(C)c(C)sc32)cc1. The number of aromatic nitrogens is 1. The largest absolute Gasteiger partial charge is 0.477 e. The van der Waals surface area contributed by atoms with Gasteiger partial charge in [-0.2, -0.15) is 0 Å². The van der Waals surface area contributed by atoms with Gasteiger partial charge in [-0.05, 0) is 38.8 Å².